The third kappa shape index (κ3) is 2.38. The molecule has 0 bridgehead atoms. The van der Waals surface area contributed by atoms with Gasteiger partial charge >= 0.3 is 0 Å². The zero-order valence-electron chi connectivity index (χ0n) is 9.69. The van der Waals surface area contributed by atoms with Gasteiger partial charge in [-0.1, -0.05) is 26.7 Å². The summed E-state index contributed by atoms with van der Waals surface area (Å²) < 4.78 is 0. The molecule has 0 spiro atoms. The van der Waals surface area contributed by atoms with Crippen LogP contribution < -0.4 is 0 Å². The van der Waals surface area contributed by atoms with E-state index in [-0.39, 0.29) is 5.92 Å². The van der Waals surface area contributed by atoms with E-state index >= 15 is 0 Å². The lowest BCUT2D eigenvalue weighted by molar-refractivity contribution is -0.212. The van der Waals surface area contributed by atoms with Crippen LogP contribution in [0.4, 0.5) is 0 Å². The minimum absolute atomic E-state index is 0.0215. The van der Waals surface area contributed by atoms with Crippen molar-refractivity contribution in [3.63, 3.8) is 0 Å². The van der Waals surface area contributed by atoms with Crippen molar-refractivity contribution < 1.29 is 25.5 Å². The summed E-state index contributed by atoms with van der Waals surface area (Å²) in [5, 5.41) is 48.1. The highest BCUT2D eigenvalue weighted by Crippen LogP contribution is 2.33. The summed E-state index contributed by atoms with van der Waals surface area (Å²) in [6.07, 6.45) is -5.01. The van der Waals surface area contributed by atoms with Crippen molar-refractivity contribution >= 4 is 0 Å². The van der Waals surface area contributed by atoms with E-state index in [1.807, 2.05) is 13.8 Å². The average molecular weight is 234 g/mol. The first-order valence-electron chi connectivity index (χ1n) is 5.82. The first-order valence-corrected chi connectivity index (χ1v) is 5.82. The molecule has 0 amide bonds. The minimum atomic E-state index is -1.49. The predicted octanol–water partition coefficient (Wildman–Crippen LogP) is -1.14. The van der Waals surface area contributed by atoms with Crippen LogP contribution in [0.2, 0.25) is 0 Å². The number of rotatable bonds is 3. The number of hydrogen-bond acceptors (Lipinski definition) is 5. The largest absolute Gasteiger partial charge is 0.390 e. The van der Waals surface area contributed by atoms with Crippen LogP contribution in [0.1, 0.15) is 26.7 Å². The topological polar surface area (TPSA) is 101 Å². The van der Waals surface area contributed by atoms with E-state index < -0.39 is 36.4 Å². The Kier molecular flexibility index (Phi) is 4.70. The molecule has 0 aliphatic heterocycles. The Bertz CT molecular complexity index is 206. The second-order valence-electron chi connectivity index (χ2n) is 4.80. The molecular weight excluding hydrogens is 212 g/mol. The lowest BCUT2D eigenvalue weighted by Gasteiger charge is -2.44. The Morgan fingerprint density at radius 3 is 1.56 bits per heavy atom. The third-order valence-corrected chi connectivity index (χ3v) is 3.59. The van der Waals surface area contributed by atoms with Crippen LogP contribution in [-0.4, -0.2) is 56.1 Å². The smallest absolute Gasteiger partial charge is 0.111 e. The molecule has 0 saturated heterocycles. The highest BCUT2D eigenvalue weighted by Gasteiger charge is 2.49. The normalized spacial score (nSPS) is 46.7. The summed E-state index contributed by atoms with van der Waals surface area (Å²) in [6.45, 7) is 3.84. The minimum Gasteiger partial charge on any atom is -0.390 e. The van der Waals surface area contributed by atoms with Gasteiger partial charge in [0.15, 0.2) is 0 Å². The second-order valence-corrected chi connectivity index (χ2v) is 4.80. The summed E-state index contributed by atoms with van der Waals surface area (Å²) in [6, 6.07) is 0. The van der Waals surface area contributed by atoms with Crippen molar-refractivity contribution in [1.82, 2.24) is 0 Å². The van der Waals surface area contributed by atoms with Crippen LogP contribution in [0.25, 0.3) is 0 Å². The Morgan fingerprint density at radius 2 is 1.19 bits per heavy atom. The van der Waals surface area contributed by atoms with E-state index in [1.165, 1.54) is 0 Å². The number of aliphatic hydroxyl groups excluding tert-OH is 5. The van der Waals surface area contributed by atoms with Gasteiger partial charge in [-0.05, 0) is 5.92 Å². The van der Waals surface area contributed by atoms with Gasteiger partial charge in [-0.3, -0.25) is 0 Å². The van der Waals surface area contributed by atoms with Crippen LogP contribution in [0, 0.1) is 11.8 Å². The van der Waals surface area contributed by atoms with Gasteiger partial charge in [0.1, 0.15) is 18.3 Å². The van der Waals surface area contributed by atoms with Gasteiger partial charge in [0.25, 0.3) is 0 Å². The zero-order chi connectivity index (χ0) is 12.5. The first-order chi connectivity index (χ1) is 7.41. The summed E-state index contributed by atoms with van der Waals surface area (Å²) in [5.74, 6) is -0.625. The molecule has 0 heterocycles. The molecule has 96 valence electrons. The average Bonchev–Trinajstić information content (AvgIpc) is 2.24. The maximum absolute atomic E-state index is 9.81. The summed E-state index contributed by atoms with van der Waals surface area (Å²) in [5.41, 5.74) is 0. The van der Waals surface area contributed by atoms with Gasteiger partial charge in [0, 0.05) is 5.92 Å². The second kappa shape index (κ2) is 5.42. The maximum atomic E-state index is 9.81. The Labute approximate surface area is 95.4 Å². The SMILES string of the molecule is CCCC(C)C1C(O)C(O)C(O)C(O)C1O. The molecule has 1 rings (SSSR count). The fraction of sp³-hybridized carbons (Fsp3) is 1.00. The van der Waals surface area contributed by atoms with Crippen molar-refractivity contribution in [2.24, 2.45) is 11.8 Å². The quantitative estimate of drug-likeness (QED) is 0.425. The molecule has 5 atom stereocenters. The fourth-order valence-corrected chi connectivity index (χ4v) is 2.58. The summed E-state index contributed by atoms with van der Waals surface area (Å²) in [4.78, 5) is 0. The summed E-state index contributed by atoms with van der Waals surface area (Å²) in [7, 11) is 0. The van der Waals surface area contributed by atoms with Crippen molar-refractivity contribution in [2.45, 2.75) is 57.2 Å². The van der Waals surface area contributed by atoms with Crippen LogP contribution in [0.5, 0.6) is 0 Å². The van der Waals surface area contributed by atoms with E-state index in [2.05, 4.69) is 0 Å². The van der Waals surface area contributed by atoms with E-state index in [0.717, 1.165) is 12.8 Å². The number of aliphatic hydroxyl groups is 5. The van der Waals surface area contributed by atoms with Crippen LogP contribution in [0.15, 0.2) is 0 Å². The molecule has 1 aliphatic rings. The molecular formula is C11H22O5. The fourth-order valence-electron chi connectivity index (χ4n) is 2.58. The predicted molar refractivity (Wildman–Crippen MR) is 57.6 cm³/mol. The molecule has 1 aliphatic carbocycles. The van der Waals surface area contributed by atoms with E-state index in [9.17, 15) is 25.5 Å². The van der Waals surface area contributed by atoms with Crippen LogP contribution in [0.3, 0.4) is 0 Å². The van der Waals surface area contributed by atoms with Gasteiger partial charge < -0.3 is 25.5 Å². The standard InChI is InChI=1S/C11H22O5/c1-3-4-5(2)6-7(12)9(14)11(16)10(15)8(6)13/h5-16H,3-4H2,1-2H3. The molecule has 5 unspecified atom stereocenters. The van der Waals surface area contributed by atoms with Crippen molar-refractivity contribution in [3.05, 3.63) is 0 Å². The molecule has 0 radical (unpaired) electrons. The van der Waals surface area contributed by atoms with Gasteiger partial charge in [0.05, 0.1) is 12.2 Å². The lowest BCUT2D eigenvalue weighted by Crippen LogP contribution is -2.62. The molecule has 0 aromatic heterocycles. The van der Waals surface area contributed by atoms with E-state index in [0.29, 0.717) is 0 Å². The third-order valence-electron chi connectivity index (χ3n) is 3.59. The lowest BCUT2D eigenvalue weighted by atomic mass is 9.71. The zero-order valence-corrected chi connectivity index (χ0v) is 9.69. The van der Waals surface area contributed by atoms with Crippen LogP contribution in [-0.2, 0) is 0 Å². The Balaban J connectivity index is 2.81. The summed E-state index contributed by atoms with van der Waals surface area (Å²) >= 11 is 0. The molecule has 5 N–H and O–H groups in total. The van der Waals surface area contributed by atoms with Crippen molar-refractivity contribution in [2.75, 3.05) is 0 Å². The highest BCUT2D eigenvalue weighted by atomic mass is 16.4. The van der Waals surface area contributed by atoms with Gasteiger partial charge in [-0.15, -0.1) is 0 Å². The van der Waals surface area contributed by atoms with E-state index in [1.54, 1.807) is 0 Å². The molecule has 1 fully saturated rings. The molecule has 0 aromatic carbocycles. The Morgan fingerprint density at radius 1 is 0.812 bits per heavy atom. The molecule has 5 nitrogen and oxygen atoms in total. The molecule has 0 aromatic rings. The van der Waals surface area contributed by atoms with E-state index in [4.69, 9.17) is 0 Å². The molecule has 16 heavy (non-hydrogen) atoms. The van der Waals surface area contributed by atoms with Crippen molar-refractivity contribution in [3.8, 4) is 0 Å². The van der Waals surface area contributed by atoms with Gasteiger partial charge in [-0.2, -0.15) is 0 Å². The first kappa shape index (κ1) is 13.9. The maximum Gasteiger partial charge on any atom is 0.111 e. The Hall–Kier alpha value is -0.200. The van der Waals surface area contributed by atoms with Gasteiger partial charge in [-0.25, -0.2) is 0 Å². The van der Waals surface area contributed by atoms with Gasteiger partial charge in [0.2, 0.25) is 0 Å². The monoisotopic (exact) mass is 234 g/mol. The highest BCUT2D eigenvalue weighted by molar-refractivity contribution is 4.99. The molecule has 5 heteroatoms. The molecule has 1 saturated carbocycles. The number of hydrogen-bond donors (Lipinski definition) is 5. The van der Waals surface area contributed by atoms with Crippen LogP contribution >= 0.6 is 0 Å². The van der Waals surface area contributed by atoms with Crippen molar-refractivity contribution in [1.29, 1.82) is 0 Å².